The highest BCUT2D eigenvalue weighted by Crippen LogP contribution is 2.38. The van der Waals surface area contributed by atoms with E-state index in [9.17, 15) is 0 Å². The van der Waals surface area contributed by atoms with Gasteiger partial charge in [0.05, 0.1) is 9.46 Å². The fourth-order valence-corrected chi connectivity index (χ4v) is 4.11. The van der Waals surface area contributed by atoms with Crippen LogP contribution in [0.25, 0.3) is 0 Å². The predicted molar refractivity (Wildman–Crippen MR) is 66.3 cm³/mol. The van der Waals surface area contributed by atoms with Gasteiger partial charge in [-0.3, -0.25) is 0 Å². The van der Waals surface area contributed by atoms with Crippen LogP contribution in [0, 0.1) is 0 Å². The van der Waals surface area contributed by atoms with E-state index in [1.807, 2.05) is 11.8 Å². The maximum absolute atomic E-state index is 5.77. The number of nitrogens with two attached hydrogens (primary N) is 1. The van der Waals surface area contributed by atoms with Gasteiger partial charge in [-0.2, -0.15) is 0 Å². The van der Waals surface area contributed by atoms with Crippen molar-refractivity contribution in [1.29, 1.82) is 0 Å². The zero-order valence-corrected chi connectivity index (χ0v) is 10.0. The van der Waals surface area contributed by atoms with Gasteiger partial charge < -0.3 is 5.73 Å². The Labute approximate surface area is 96.0 Å². The van der Waals surface area contributed by atoms with Gasteiger partial charge in [0.15, 0.2) is 0 Å². The van der Waals surface area contributed by atoms with Crippen LogP contribution >= 0.6 is 34.4 Å². The Morgan fingerprint density at radius 3 is 2.57 bits per heavy atom. The summed E-state index contributed by atoms with van der Waals surface area (Å²) in [6.07, 6.45) is 0. The summed E-state index contributed by atoms with van der Waals surface area (Å²) in [4.78, 5) is 1.37. The standard InChI is InChI=1S/C10H11NS3/c11-7-9(8-3-1-5-12-8)14-10-4-2-6-13-10/h1-6,9H,7,11H2. The lowest BCUT2D eigenvalue weighted by molar-refractivity contribution is 0.962. The smallest absolute Gasteiger partial charge is 0.0605 e. The van der Waals surface area contributed by atoms with Crippen LogP contribution in [0.1, 0.15) is 10.1 Å². The van der Waals surface area contributed by atoms with E-state index in [-0.39, 0.29) is 0 Å². The molecule has 0 fully saturated rings. The monoisotopic (exact) mass is 241 g/mol. The van der Waals surface area contributed by atoms with E-state index in [4.69, 9.17) is 5.73 Å². The van der Waals surface area contributed by atoms with E-state index in [0.717, 1.165) is 0 Å². The first kappa shape index (κ1) is 10.2. The van der Waals surface area contributed by atoms with Gasteiger partial charge in [-0.1, -0.05) is 12.1 Å². The van der Waals surface area contributed by atoms with Gasteiger partial charge >= 0.3 is 0 Å². The van der Waals surface area contributed by atoms with E-state index in [2.05, 4.69) is 35.0 Å². The highest BCUT2D eigenvalue weighted by molar-refractivity contribution is 8.01. The summed E-state index contributed by atoms with van der Waals surface area (Å²) in [7, 11) is 0. The van der Waals surface area contributed by atoms with Crippen LogP contribution < -0.4 is 5.73 Å². The van der Waals surface area contributed by atoms with Crippen molar-refractivity contribution in [2.45, 2.75) is 9.46 Å². The second kappa shape index (κ2) is 4.98. The summed E-state index contributed by atoms with van der Waals surface area (Å²) in [5.74, 6) is 0. The number of hydrogen-bond donors (Lipinski definition) is 1. The molecule has 1 atom stereocenters. The molecule has 0 aliphatic heterocycles. The van der Waals surface area contributed by atoms with Crippen LogP contribution in [-0.2, 0) is 0 Å². The van der Waals surface area contributed by atoms with Crippen LogP contribution in [0.15, 0.2) is 39.2 Å². The van der Waals surface area contributed by atoms with Crippen LogP contribution in [-0.4, -0.2) is 6.54 Å². The third-order valence-corrected chi connectivity index (χ3v) is 5.30. The minimum absolute atomic E-state index is 0.411. The molecule has 1 nitrogen and oxygen atoms in total. The Morgan fingerprint density at radius 1 is 1.21 bits per heavy atom. The Hall–Kier alpha value is -0.290. The molecule has 2 heterocycles. The van der Waals surface area contributed by atoms with Gasteiger partial charge in [0.25, 0.3) is 0 Å². The molecule has 74 valence electrons. The molecule has 0 saturated carbocycles. The molecule has 0 aliphatic carbocycles. The molecule has 4 heteroatoms. The minimum atomic E-state index is 0.411. The number of thiophene rings is 2. The first-order chi connectivity index (χ1) is 6.90. The Kier molecular flexibility index (Phi) is 3.64. The Bertz CT molecular complexity index is 353. The molecule has 0 radical (unpaired) electrons. The average Bonchev–Trinajstić information content (AvgIpc) is 2.86. The summed E-state index contributed by atoms with van der Waals surface area (Å²) in [6.45, 7) is 0.698. The van der Waals surface area contributed by atoms with Crippen LogP contribution in [0.3, 0.4) is 0 Å². The number of thioether (sulfide) groups is 1. The Morgan fingerprint density at radius 2 is 2.00 bits per heavy atom. The zero-order valence-electron chi connectivity index (χ0n) is 7.55. The molecule has 2 aromatic heterocycles. The summed E-state index contributed by atoms with van der Waals surface area (Å²) >= 11 is 5.41. The van der Waals surface area contributed by atoms with Crippen molar-refractivity contribution < 1.29 is 0 Å². The van der Waals surface area contributed by atoms with Crippen molar-refractivity contribution in [2.24, 2.45) is 5.73 Å². The summed E-state index contributed by atoms with van der Waals surface area (Å²) in [5.41, 5.74) is 5.77. The first-order valence-electron chi connectivity index (χ1n) is 4.34. The molecular formula is C10H11NS3. The molecule has 0 saturated heterocycles. The van der Waals surface area contributed by atoms with Gasteiger partial charge in [0.1, 0.15) is 0 Å². The van der Waals surface area contributed by atoms with Gasteiger partial charge in [0, 0.05) is 11.4 Å². The normalized spacial score (nSPS) is 12.9. The quantitative estimate of drug-likeness (QED) is 0.828. The third kappa shape index (κ3) is 2.39. The van der Waals surface area contributed by atoms with Crippen molar-refractivity contribution in [1.82, 2.24) is 0 Å². The number of rotatable bonds is 4. The molecule has 14 heavy (non-hydrogen) atoms. The van der Waals surface area contributed by atoms with Crippen LogP contribution in [0.5, 0.6) is 0 Å². The van der Waals surface area contributed by atoms with Crippen molar-refractivity contribution in [3.05, 3.63) is 39.9 Å². The minimum Gasteiger partial charge on any atom is -0.329 e. The Balaban J connectivity index is 2.08. The van der Waals surface area contributed by atoms with E-state index >= 15 is 0 Å². The summed E-state index contributed by atoms with van der Waals surface area (Å²) < 4.78 is 1.34. The molecular weight excluding hydrogens is 230 g/mol. The molecule has 2 aromatic rings. The molecule has 2 rings (SSSR count). The highest BCUT2D eigenvalue weighted by atomic mass is 32.2. The van der Waals surface area contributed by atoms with Crippen LogP contribution in [0.2, 0.25) is 0 Å². The molecule has 2 N–H and O–H groups in total. The largest absolute Gasteiger partial charge is 0.329 e. The fourth-order valence-electron chi connectivity index (χ4n) is 1.17. The zero-order chi connectivity index (χ0) is 9.80. The lowest BCUT2D eigenvalue weighted by Crippen LogP contribution is -2.07. The van der Waals surface area contributed by atoms with E-state index < -0.39 is 0 Å². The molecule has 0 aromatic carbocycles. The second-order valence-electron chi connectivity index (χ2n) is 2.79. The van der Waals surface area contributed by atoms with Crippen molar-refractivity contribution in [2.75, 3.05) is 6.54 Å². The lowest BCUT2D eigenvalue weighted by atomic mass is 10.3. The average molecular weight is 241 g/mol. The van der Waals surface area contributed by atoms with E-state index in [1.54, 1.807) is 22.7 Å². The lowest BCUT2D eigenvalue weighted by Gasteiger charge is -2.10. The maximum Gasteiger partial charge on any atom is 0.0605 e. The first-order valence-corrected chi connectivity index (χ1v) is 6.97. The topological polar surface area (TPSA) is 26.0 Å². The van der Waals surface area contributed by atoms with Crippen molar-refractivity contribution >= 4 is 34.4 Å². The van der Waals surface area contributed by atoms with E-state index in [0.29, 0.717) is 11.8 Å². The van der Waals surface area contributed by atoms with Crippen molar-refractivity contribution in [3.63, 3.8) is 0 Å². The third-order valence-electron chi connectivity index (χ3n) is 1.83. The van der Waals surface area contributed by atoms with Gasteiger partial charge in [-0.25, -0.2) is 0 Å². The van der Waals surface area contributed by atoms with Gasteiger partial charge in [-0.05, 0) is 22.9 Å². The second-order valence-corrected chi connectivity index (χ2v) is 6.22. The van der Waals surface area contributed by atoms with Gasteiger partial charge in [0.2, 0.25) is 0 Å². The van der Waals surface area contributed by atoms with Gasteiger partial charge in [-0.15, -0.1) is 34.4 Å². The van der Waals surface area contributed by atoms with Crippen LogP contribution in [0.4, 0.5) is 0 Å². The summed E-state index contributed by atoms with van der Waals surface area (Å²) in [5, 5.41) is 4.62. The molecule has 0 aliphatic rings. The molecule has 0 bridgehead atoms. The summed E-state index contributed by atoms with van der Waals surface area (Å²) in [6, 6.07) is 8.46. The molecule has 0 amide bonds. The van der Waals surface area contributed by atoms with E-state index in [1.165, 1.54) is 9.09 Å². The fraction of sp³-hybridized carbons (Fsp3) is 0.200. The highest BCUT2D eigenvalue weighted by Gasteiger charge is 2.12. The number of hydrogen-bond acceptors (Lipinski definition) is 4. The maximum atomic E-state index is 5.77. The molecule has 0 spiro atoms. The SMILES string of the molecule is NCC(Sc1cccs1)c1cccs1. The predicted octanol–water partition coefficient (Wildman–Crippen LogP) is 3.60. The van der Waals surface area contributed by atoms with Crippen molar-refractivity contribution in [3.8, 4) is 0 Å². The molecule has 1 unspecified atom stereocenters.